The summed E-state index contributed by atoms with van der Waals surface area (Å²) in [6.45, 7) is 1.97. The van der Waals surface area contributed by atoms with Gasteiger partial charge in [0.15, 0.2) is 23.3 Å². The van der Waals surface area contributed by atoms with Crippen LogP contribution in [0.25, 0.3) is 11.4 Å². The van der Waals surface area contributed by atoms with E-state index in [4.69, 9.17) is 5.73 Å². The molecule has 0 radical (unpaired) electrons. The van der Waals surface area contributed by atoms with Crippen LogP contribution in [0.2, 0.25) is 0 Å². The van der Waals surface area contributed by atoms with E-state index in [1.807, 2.05) is 6.92 Å². The summed E-state index contributed by atoms with van der Waals surface area (Å²) >= 11 is 0. The van der Waals surface area contributed by atoms with Crippen LogP contribution in [0, 0.1) is 17.5 Å². The van der Waals surface area contributed by atoms with Gasteiger partial charge < -0.3 is 5.73 Å². The Morgan fingerprint density at radius 1 is 1.05 bits per heavy atom. The van der Waals surface area contributed by atoms with Gasteiger partial charge in [-0.2, -0.15) is 0 Å². The molecule has 2 aromatic rings. The first-order chi connectivity index (χ1) is 9.01. The number of anilines is 1. The van der Waals surface area contributed by atoms with E-state index in [1.165, 1.54) is 0 Å². The predicted molar refractivity (Wildman–Crippen MR) is 65.7 cm³/mol. The minimum atomic E-state index is -1.51. The number of nitrogen functional groups attached to an aromatic ring is 1. The summed E-state index contributed by atoms with van der Waals surface area (Å²) in [7, 11) is 0. The van der Waals surface area contributed by atoms with Crippen molar-refractivity contribution in [3.8, 4) is 11.4 Å². The van der Waals surface area contributed by atoms with Crippen LogP contribution in [0.3, 0.4) is 0 Å². The first-order valence-electron chi connectivity index (χ1n) is 5.79. The highest BCUT2D eigenvalue weighted by Crippen LogP contribution is 2.22. The Labute approximate surface area is 108 Å². The van der Waals surface area contributed by atoms with Crippen molar-refractivity contribution in [2.75, 3.05) is 5.73 Å². The number of aromatic nitrogens is 2. The van der Waals surface area contributed by atoms with Crippen LogP contribution in [0.4, 0.5) is 19.0 Å². The van der Waals surface area contributed by atoms with Crippen molar-refractivity contribution >= 4 is 5.82 Å². The normalized spacial score (nSPS) is 10.7. The van der Waals surface area contributed by atoms with E-state index in [9.17, 15) is 13.2 Å². The molecule has 0 aliphatic rings. The molecular weight excluding hydrogens is 255 g/mol. The van der Waals surface area contributed by atoms with Gasteiger partial charge in [-0.25, -0.2) is 23.1 Å². The van der Waals surface area contributed by atoms with Gasteiger partial charge in [0, 0.05) is 17.3 Å². The number of nitrogens with two attached hydrogens (primary N) is 1. The van der Waals surface area contributed by atoms with Crippen molar-refractivity contribution < 1.29 is 13.2 Å². The lowest BCUT2D eigenvalue weighted by molar-refractivity contribution is 0.447. The van der Waals surface area contributed by atoms with E-state index in [-0.39, 0.29) is 17.2 Å². The van der Waals surface area contributed by atoms with Crippen LogP contribution in [-0.4, -0.2) is 9.97 Å². The van der Waals surface area contributed by atoms with Gasteiger partial charge in [-0.05, 0) is 18.6 Å². The molecule has 1 heterocycles. The largest absolute Gasteiger partial charge is 0.384 e. The lowest BCUT2D eigenvalue weighted by Gasteiger charge is -2.06. The van der Waals surface area contributed by atoms with E-state index in [0.717, 1.165) is 18.6 Å². The second-order valence-electron chi connectivity index (χ2n) is 4.11. The summed E-state index contributed by atoms with van der Waals surface area (Å²) in [4.78, 5) is 8.07. The van der Waals surface area contributed by atoms with Gasteiger partial charge in [-0.1, -0.05) is 13.3 Å². The fourth-order valence-electron chi connectivity index (χ4n) is 1.72. The molecule has 6 heteroatoms. The van der Waals surface area contributed by atoms with E-state index in [2.05, 4.69) is 9.97 Å². The lowest BCUT2D eigenvalue weighted by Crippen LogP contribution is -2.01. The molecule has 0 bridgehead atoms. The molecule has 2 rings (SSSR count). The van der Waals surface area contributed by atoms with Crippen LogP contribution >= 0.6 is 0 Å². The van der Waals surface area contributed by atoms with Crippen molar-refractivity contribution in [3.05, 3.63) is 41.3 Å². The molecule has 0 aliphatic carbocycles. The Morgan fingerprint density at radius 3 is 2.26 bits per heavy atom. The molecule has 0 saturated heterocycles. The average molecular weight is 267 g/mol. The maximum atomic E-state index is 13.2. The summed E-state index contributed by atoms with van der Waals surface area (Å²) in [5.41, 5.74) is 6.35. The van der Waals surface area contributed by atoms with Crippen LogP contribution in [0.1, 0.15) is 19.0 Å². The topological polar surface area (TPSA) is 51.8 Å². The summed E-state index contributed by atoms with van der Waals surface area (Å²) in [6.07, 6.45) is 1.52. The summed E-state index contributed by atoms with van der Waals surface area (Å²) < 4.78 is 39.2. The van der Waals surface area contributed by atoms with E-state index >= 15 is 0 Å². The molecule has 0 spiro atoms. The monoisotopic (exact) mass is 267 g/mol. The van der Waals surface area contributed by atoms with Gasteiger partial charge in [-0.15, -0.1) is 0 Å². The second-order valence-corrected chi connectivity index (χ2v) is 4.11. The van der Waals surface area contributed by atoms with Gasteiger partial charge in [0.1, 0.15) is 5.82 Å². The molecule has 100 valence electrons. The third-order valence-electron chi connectivity index (χ3n) is 2.55. The molecular formula is C13H12F3N3. The number of halogens is 3. The lowest BCUT2D eigenvalue weighted by atomic mass is 10.1. The fraction of sp³-hybridized carbons (Fsp3) is 0.231. The predicted octanol–water partition coefficient (Wildman–Crippen LogP) is 3.10. The van der Waals surface area contributed by atoms with Crippen LogP contribution < -0.4 is 5.73 Å². The zero-order valence-electron chi connectivity index (χ0n) is 10.3. The third-order valence-corrected chi connectivity index (χ3v) is 2.55. The molecule has 19 heavy (non-hydrogen) atoms. The highest BCUT2D eigenvalue weighted by atomic mass is 19.2. The Hall–Kier alpha value is -2.11. The molecule has 1 aromatic heterocycles. The summed E-state index contributed by atoms with van der Waals surface area (Å²) in [6, 6.07) is 3.30. The zero-order valence-corrected chi connectivity index (χ0v) is 10.3. The Bertz CT molecular complexity index is 591. The van der Waals surface area contributed by atoms with Crippen LogP contribution in [0.5, 0.6) is 0 Å². The SMILES string of the molecule is CCCc1cc(N)nc(-c2cc(F)c(F)c(F)c2)n1. The third kappa shape index (κ3) is 2.83. The first kappa shape index (κ1) is 13.3. The quantitative estimate of drug-likeness (QED) is 0.869. The molecule has 0 atom stereocenters. The molecule has 2 N–H and O–H groups in total. The molecule has 0 fully saturated rings. The van der Waals surface area contributed by atoms with Gasteiger partial charge in [-0.3, -0.25) is 0 Å². The van der Waals surface area contributed by atoms with E-state index < -0.39 is 17.5 Å². The van der Waals surface area contributed by atoms with E-state index in [0.29, 0.717) is 12.1 Å². The van der Waals surface area contributed by atoms with E-state index in [1.54, 1.807) is 6.07 Å². The van der Waals surface area contributed by atoms with Crippen LogP contribution in [-0.2, 0) is 6.42 Å². The van der Waals surface area contributed by atoms with Crippen molar-refractivity contribution in [1.82, 2.24) is 9.97 Å². The molecule has 1 aromatic carbocycles. The Morgan fingerprint density at radius 2 is 1.68 bits per heavy atom. The van der Waals surface area contributed by atoms with Gasteiger partial charge in [0.2, 0.25) is 0 Å². The average Bonchev–Trinajstić information content (AvgIpc) is 2.35. The Balaban J connectivity index is 2.52. The zero-order chi connectivity index (χ0) is 14.0. The van der Waals surface area contributed by atoms with Gasteiger partial charge in [0.05, 0.1) is 0 Å². The summed E-state index contributed by atoms with van der Waals surface area (Å²) in [5, 5.41) is 0. The molecule has 0 aliphatic heterocycles. The maximum Gasteiger partial charge on any atom is 0.194 e. The highest BCUT2D eigenvalue weighted by molar-refractivity contribution is 5.57. The number of hydrogen-bond donors (Lipinski definition) is 1. The van der Waals surface area contributed by atoms with Crippen molar-refractivity contribution in [3.63, 3.8) is 0 Å². The number of hydrogen-bond acceptors (Lipinski definition) is 3. The van der Waals surface area contributed by atoms with Crippen molar-refractivity contribution in [2.45, 2.75) is 19.8 Å². The summed E-state index contributed by atoms with van der Waals surface area (Å²) in [5.74, 6) is -3.78. The first-order valence-corrected chi connectivity index (χ1v) is 5.79. The van der Waals surface area contributed by atoms with Gasteiger partial charge >= 0.3 is 0 Å². The van der Waals surface area contributed by atoms with Crippen LogP contribution in [0.15, 0.2) is 18.2 Å². The minimum absolute atomic E-state index is 0.0565. The number of rotatable bonds is 3. The minimum Gasteiger partial charge on any atom is -0.384 e. The smallest absolute Gasteiger partial charge is 0.194 e. The number of benzene rings is 1. The second kappa shape index (κ2) is 5.26. The molecule has 0 amide bonds. The maximum absolute atomic E-state index is 13.2. The highest BCUT2D eigenvalue weighted by Gasteiger charge is 2.14. The number of aryl methyl sites for hydroxylation is 1. The molecule has 0 unspecified atom stereocenters. The molecule has 3 nitrogen and oxygen atoms in total. The van der Waals surface area contributed by atoms with Crippen molar-refractivity contribution in [1.29, 1.82) is 0 Å². The Kier molecular flexibility index (Phi) is 3.69. The van der Waals surface area contributed by atoms with Crippen molar-refractivity contribution in [2.24, 2.45) is 0 Å². The standard InChI is InChI=1S/C13H12F3N3/c1-2-3-8-6-11(17)19-13(18-8)7-4-9(14)12(16)10(15)5-7/h4-6H,2-3H2,1H3,(H2,17,18,19). The number of nitrogens with zero attached hydrogens (tertiary/aromatic N) is 2. The fourth-order valence-corrected chi connectivity index (χ4v) is 1.72. The van der Waals surface area contributed by atoms with Gasteiger partial charge in [0.25, 0.3) is 0 Å². The molecule has 0 saturated carbocycles.